The third-order valence-corrected chi connectivity index (χ3v) is 3.26. The van der Waals surface area contributed by atoms with E-state index < -0.39 is 11.8 Å². The fourth-order valence-electron chi connectivity index (χ4n) is 1.44. The number of benzene rings is 1. The highest BCUT2D eigenvalue weighted by molar-refractivity contribution is 7.99. The molecule has 0 bridgehead atoms. The Bertz CT molecular complexity index is 585. The van der Waals surface area contributed by atoms with Gasteiger partial charge >= 0.3 is 0 Å². The van der Waals surface area contributed by atoms with Crippen LogP contribution in [0.5, 0.6) is 0 Å². The normalized spacial score (nSPS) is 10.6. The lowest BCUT2D eigenvalue weighted by Gasteiger charge is -2.04. The molecular weight excluding hydrogens is 257 g/mol. The Balaban J connectivity index is 2.31. The number of halogens is 1. The number of aromatic nitrogens is 3. The standard InChI is InChI=1S/C11H10FN3O2S/c1-15-10(7-4-2-3-5-8(7)12)13-14-11(15)18-6-9(16)17/h2-5H,6H2,1H3,(H,16,17)/p-1. The number of carbonyl (C=O) groups is 1. The summed E-state index contributed by atoms with van der Waals surface area (Å²) in [6, 6.07) is 6.20. The lowest BCUT2D eigenvalue weighted by Crippen LogP contribution is -2.24. The van der Waals surface area contributed by atoms with Gasteiger partial charge in [0.15, 0.2) is 11.0 Å². The van der Waals surface area contributed by atoms with Gasteiger partial charge in [0, 0.05) is 12.8 Å². The van der Waals surface area contributed by atoms with Gasteiger partial charge in [0.2, 0.25) is 0 Å². The minimum Gasteiger partial charge on any atom is -0.549 e. The maximum atomic E-state index is 13.6. The monoisotopic (exact) mass is 266 g/mol. The summed E-state index contributed by atoms with van der Waals surface area (Å²) < 4.78 is 15.1. The second-order valence-electron chi connectivity index (χ2n) is 3.51. The first-order valence-electron chi connectivity index (χ1n) is 5.06. The summed E-state index contributed by atoms with van der Waals surface area (Å²) in [6.07, 6.45) is 0. The molecule has 0 fully saturated rings. The van der Waals surface area contributed by atoms with Crippen molar-refractivity contribution in [2.45, 2.75) is 5.16 Å². The fraction of sp³-hybridized carbons (Fsp3) is 0.182. The van der Waals surface area contributed by atoms with Crippen LogP contribution in [-0.4, -0.2) is 26.5 Å². The molecule has 5 nitrogen and oxygen atoms in total. The number of thioether (sulfide) groups is 1. The Hall–Kier alpha value is -1.89. The average molecular weight is 266 g/mol. The zero-order chi connectivity index (χ0) is 13.1. The Morgan fingerprint density at radius 3 is 2.83 bits per heavy atom. The number of hydrogen-bond donors (Lipinski definition) is 0. The van der Waals surface area contributed by atoms with Crippen molar-refractivity contribution < 1.29 is 14.3 Å². The van der Waals surface area contributed by atoms with Crippen LogP contribution in [0.2, 0.25) is 0 Å². The highest BCUT2D eigenvalue weighted by atomic mass is 32.2. The van der Waals surface area contributed by atoms with E-state index in [1.54, 1.807) is 29.8 Å². The van der Waals surface area contributed by atoms with Crippen LogP contribution in [0, 0.1) is 5.82 Å². The van der Waals surface area contributed by atoms with Gasteiger partial charge in [-0.05, 0) is 12.1 Å². The van der Waals surface area contributed by atoms with Crippen molar-refractivity contribution in [1.29, 1.82) is 0 Å². The predicted molar refractivity (Wildman–Crippen MR) is 62.1 cm³/mol. The van der Waals surface area contributed by atoms with Crippen molar-refractivity contribution in [3.05, 3.63) is 30.1 Å². The maximum Gasteiger partial charge on any atom is 0.191 e. The first kappa shape index (κ1) is 12.6. The summed E-state index contributed by atoms with van der Waals surface area (Å²) in [4.78, 5) is 10.4. The summed E-state index contributed by atoms with van der Waals surface area (Å²) in [5, 5.41) is 18.5. The quantitative estimate of drug-likeness (QED) is 0.752. The van der Waals surface area contributed by atoms with E-state index in [4.69, 9.17) is 0 Å². The van der Waals surface area contributed by atoms with Crippen LogP contribution in [0.4, 0.5) is 4.39 Å². The minimum absolute atomic E-state index is 0.219. The Kier molecular flexibility index (Phi) is 3.61. The van der Waals surface area contributed by atoms with Gasteiger partial charge in [0.1, 0.15) is 5.82 Å². The summed E-state index contributed by atoms with van der Waals surface area (Å²) in [5.74, 6) is -1.45. The molecule has 0 amide bonds. The van der Waals surface area contributed by atoms with Crippen LogP contribution in [0.25, 0.3) is 11.4 Å². The zero-order valence-electron chi connectivity index (χ0n) is 9.46. The first-order chi connectivity index (χ1) is 8.59. The van der Waals surface area contributed by atoms with Crippen molar-refractivity contribution in [3.8, 4) is 11.4 Å². The third-order valence-electron chi connectivity index (χ3n) is 2.27. The molecule has 0 N–H and O–H groups in total. The van der Waals surface area contributed by atoms with Gasteiger partial charge in [-0.1, -0.05) is 23.9 Å². The van der Waals surface area contributed by atoms with Crippen LogP contribution < -0.4 is 5.11 Å². The predicted octanol–water partition coefficient (Wildman–Crippen LogP) is 0.463. The number of nitrogens with zero attached hydrogens (tertiary/aromatic N) is 3. The molecule has 1 aromatic carbocycles. The van der Waals surface area contributed by atoms with E-state index in [0.29, 0.717) is 16.5 Å². The number of rotatable bonds is 4. The molecule has 0 atom stereocenters. The summed E-state index contributed by atoms with van der Waals surface area (Å²) >= 11 is 0.981. The second-order valence-corrected chi connectivity index (χ2v) is 4.45. The van der Waals surface area contributed by atoms with E-state index >= 15 is 0 Å². The molecule has 0 aliphatic carbocycles. The van der Waals surface area contributed by atoms with Crippen LogP contribution in [0.15, 0.2) is 29.4 Å². The van der Waals surface area contributed by atoms with Crippen molar-refractivity contribution in [2.75, 3.05) is 5.75 Å². The average Bonchev–Trinajstić information content (AvgIpc) is 2.69. The van der Waals surface area contributed by atoms with Crippen LogP contribution >= 0.6 is 11.8 Å². The smallest absolute Gasteiger partial charge is 0.191 e. The molecular formula is C11H9FN3O2S-. The zero-order valence-corrected chi connectivity index (χ0v) is 10.3. The van der Waals surface area contributed by atoms with E-state index in [2.05, 4.69) is 10.2 Å². The van der Waals surface area contributed by atoms with Gasteiger partial charge in [-0.15, -0.1) is 10.2 Å². The van der Waals surface area contributed by atoms with Gasteiger partial charge in [-0.25, -0.2) is 4.39 Å². The highest BCUT2D eigenvalue weighted by Crippen LogP contribution is 2.24. The molecule has 2 aromatic rings. The van der Waals surface area contributed by atoms with E-state index in [0.717, 1.165) is 11.8 Å². The van der Waals surface area contributed by atoms with Crippen molar-refractivity contribution in [3.63, 3.8) is 0 Å². The molecule has 0 saturated heterocycles. The Labute approximate surface area is 107 Å². The molecule has 0 aliphatic heterocycles. The molecule has 1 heterocycles. The lowest BCUT2D eigenvalue weighted by atomic mass is 10.2. The summed E-state index contributed by atoms with van der Waals surface area (Å²) in [7, 11) is 1.65. The van der Waals surface area contributed by atoms with Crippen LogP contribution in [0.1, 0.15) is 0 Å². The second kappa shape index (κ2) is 5.18. The minimum atomic E-state index is -1.18. The molecule has 0 spiro atoms. The number of carboxylic acids is 1. The first-order valence-corrected chi connectivity index (χ1v) is 6.05. The van der Waals surface area contributed by atoms with Gasteiger partial charge in [-0.2, -0.15) is 0 Å². The molecule has 0 aliphatic rings. The number of carbonyl (C=O) groups excluding carboxylic acids is 1. The van der Waals surface area contributed by atoms with Crippen molar-refractivity contribution in [2.24, 2.45) is 7.05 Å². The number of aliphatic carboxylic acids is 1. The Morgan fingerprint density at radius 1 is 1.44 bits per heavy atom. The maximum absolute atomic E-state index is 13.6. The SMILES string of the molecule is Cn1c(SCC(=O)[O-])nnc1-c1ccccc1F. The molecule has 0 radical (unpaired) electrons. The third kappa shape index (κ3) is 2.51. The van der Waals surface area contributed by atoms with Gasteiger partial charge in [0.05, 0.1) is 11.5 Å². The topological polar surface area (TPSA) is 70.8 Å². The van der Waals surface area contributed by atoms with Gasteiger partial charge in [-0.3, -0.25) is 0 Å². The van der Waals surface area contributed by atoms with E-state index in [-0.39, 0.29) is 5.75 Å². The van der Waals surface area contributed by atoms with Gasteiger partial charge < -0.3 is 14.5 Å². The molecule has 2 rings (SSSR count). The van der Waals surface area contributed by atoms with Crippen molar-refractivity contribution >= 4 is 17.7 Å². The van der Waals surface area contributed by atoms with E-state index in [1.807, 2.05) is 0 Å². The molecule has 7 heteroatoms. The molecule has 18 heavy (non-hydrogen) atoms. The summed E-state index contributed by atoms with van der Waals surface area (Å²) in [6.45, 7) is 0. The van der Waals surface area contributed by atoms with Crippen molar-refractivity contribution in [1.82, 2.24) is 14.8 Å². The summed E-state index contributed by atoms with van der Waals surface area (Å²) in [5.41, 5.74) is 0.327. The molecule has 0 saturated carbocycles. The van der Waals surface area contributed by atoms with Crippen LogP contribution in [-0.2, 0) is 11.8 Å². The lowest BCUT2D eigenvalue weighted by molar-refractivity contribution is -0.301. The fourth-order valence-corrected chi connectivity index (χ4v) is 2.07. The number of carboxylic acid groups (broad SMARTS) is 1. The van der Waals surface area contributed by atoms with Crippen LogP contribution in [0.3, 0.4) is 0 Å². The largest absolute Gasteiger partial charge is 0.549 e. The van der Waals surface area contributed by atoms with E-state index in [1.165, 1.54) is 6.07 Å². The Morgan fingerprint density at radius 2 is 2.17 bits per heavy atom. The molecule has 1 aromatic heterocycles. The van der Waals surface area contributed by atoms with Gasteiger partial charge in [0.25, 0.3) is 0 Å². The number of hydrogen-bond acceptors (Lipinski definition) is 5. The molecule has 94 valence electrons. The highest BCUT2D eigenvalue weighted by Gasteiger charge is 2.13. The molecule has 0 unspecified atom stereocenters. The van der Waals surface area contributed by atoms with E-state index in [9.17, 15) is 14.3 Å².